The van der Waals surface area contributed by atoms with Crippen molar-refractivity contribution in [2.45, 2.75) is 20.4 Å². The van der Waals surface area contributed by atoms with Crippen LogP contribution >= 0.6 is 0 Å². The minimum Gasteiger partial charge on any atom is -0.445 e. The first-order valence-corrected chi connectivity index (χ1v) is 4.57. The maximum Gasteiger partial charge on any atom is 1.00 e. The summed E-state index contributed by atoms with van der Waals surface area (Å²) in [5.41, 5.74) is 11.7. The van der Waals surface area contributed by atoms with Crippen LogP contribution in [0.3, 0.4) is 0 Å². The molecule has 0 spiro atoms. The first-order chi connectivity index (χ1) is 6.79. The van der Waals surface area contributed by atoms with Gasteiger partial charge in [0, 0.05) is 12.2 Å². The normalized spacial score (nSPS) is 11.1. The van der Waals surface area contributed by atoms with Gasteiger partial charge in [-0.1, -0.05) is 11.6 Å². The van der Waals surface area contributed by atoms with E-state index in [1.165, 1.54) is 6.92 Å². The van der Waals surface area contributed by atoms with Crippen molar-refractivity contribution in [2.75, 3.05) is 5.73 Å². The summed E-state index contributed by atoms with van der Waals surface area (Å²) in [7, 11) is 0. The molecule has 0 aromatic heterocycles. The minimum atomic E-state index is -5.03. The molecule has 7 heteroatoms. The van der Waals surface area contributed by atoms with Gasteiger partial charge in [0.05, 0.1) is 0 Å². The standard InChI is InChI=1S/C9H13BF3N2.K/c1-5-7(4-14)3-8(10(11,12)13)6(2)9(5)15;/h3H,4,14-15H2,1-2H3;/q-1;+1. The number of nitrogens with two attached hydrogens (primary N) is 2. The molecule has 84 valence electrons. The third kappa shape index (κ3) is 3.24. The molecule has 1 rings (SSSR count). The minimum absolute atomic E-state index is 0. The Hall–Kier alpha value is 0.471. The van der Waals surface area contributed by atoms with Gasteiger partial charge in [-0.3, -0.25) is 0 Å². The monoisotopic (exact) mass is 256 g/mol. The van der Waals surface area contributed by atoms with Crippen molar-refractivity contribution in [1.29, 1.82) is 0 Å². The molecule has 4 N–H and O–H groups in total. The fraction of sp³-hybridized carbons (Fsp3) is 0.333. The predicted octanol–water partition coefficient (Wildman–Crippen LogP) is -1.60. The molecule has 1 aromatic carbocycles. The van der Waals surface area contributed by atoms with E-state index in [9.17, 15) is 12.9 Å². The fourth-order valence-electron chi connectivity index (χ4n) is 1.57. The molecule has 1 aromatic rings. The number of rotatable bonds is 2. The molecule has 0 amide bonds. The van der Waals surface area contributed by atoms with Crippen LogP contribution in [-0.2, 0) is 6.54 Å². The second kappa shape index (κ2) is 5.88. The summed E-state index contributed by atoms with van der Waals surface area (Å²) in [6.07, 6.45) is 0. The van der Waals surface area contributed by atoms with Crippen molar-refractivity contribution in [2.24, 2.45) is 5.73 Å². The fourth-order valence-corrected chi connectivity index (χ4v) is 1.57. The van der Waals surface area contributed by atoms with Gasteiger partial charge in [-0.25, -0.2) is 0 Å². The first kappa shape index (κ1) is 16.5. The number of hydrogen-bond donors (Lipinski definition) is 2. The second-order valence-electron chi connectivity index (χ2n) is 3.57. The molecule has 0 aliphatic heterocycles. The first-order valence-electron chi connectivity index (χ1n) is 4.57. The van der Waals surface area contributed by atoms with Crippen molar-refractivity contribution < 1.29 is 64.3 Å². The van der Waals surface area contributed by atoms with Crippen LogP contribution in [0.4, 0.5) is 18.6 Å². The molecule has 0 aliphatic carbocycles. The summed E-state index contributed by atoms with van der Waals surface area (Å²) in [4.78, 5) is 0. The average molecular weight is 256 g/mol. The van der Waals surface area contributed by atoms with Crippen molar-refractivity contribution in [3.05, 3.63) is 22.8 Å². The summed E-state index contributed by atoms with van der Waals surface area (Å²) in [6.45, 7) is -1.90. The Labute approximate surface area is 135 Å². The summed E-state index contributed by atoms with van der Waals surface area (Å²) < 4.78 is 37.9. The predicted molar refractivity (Wildman–Crippen MR) is 56.9 cm³/mol. The number of halogens is 3. The number of nitrogen functional groups attached to an aromatic ring is 1. The van der Waals surface area contributed by atoms with Gasteiger partial charge in [0.2, 0.25) is 0 Å². The van der Waals surface area contributed by atoms with Crippen LogP contribution in [0.2, 0.25) is 0 Å². The molecule has 0 saturated carbocycles. The van der Waals surface area contributed by atoms with Crippen LogP contribution in [0.15, 0.2) is 6.07 Å². The number of anilines is 1. The third-order valence-electron chi connectivity index (χ3n) is 2.62. The van der Waals surface area contributed by atoms with Crippen LogP contribution in [0.5, 0.6) is 0 Å². The Morgan fingerprint density at radius 2 is 1.69 bits per heavy atom. The zero-order valence-corrected chi connectivity index (χ0v) is 12.8. The van der Waals surface area contributed by atoms with Gasteiger partial charge in [-0.2, -0.15) is 0 Å². The van der Waals surface area contributed by atoms with Crippen LogP contribution < -0.4 is 68.3 Å². The third-order valence-corrected chi connectivity index (χ3v) is 2.62. The molecule has 0 heterocycles. The van der Waals surface area contributed by atoms with Crippen molar-refractivity contribution in [1.82, 2.24) is 0 Å². The smallest absolute Gasteiger partial charge is 0.445 e. The molecular weight excluding hydrogens is 243 g/mol. The average Bonchev–Trinajstić information content (AvgIpc) is 2.13. The molecule has 0 atom stereocenters. The Balaban J connectivity index is 0.00000225. The van der Waals surface area contributed by atoms with Gasteiger partial charge in [0.25, 0.3) is 0 Å². The maximum atomic E-state index is 12.6. The van der Waals surface area contributed by atoms with Gasteiger partial charge in [-0.15, -0.1) is 5.46 Å². The molecule has 0 saturated heterocycles. The second-order valence-corrected chi connectivity index (χ2v) is 3.57. The zero-order valence-electron chi connectivity index (χ0n) is 9.65. The number of hydrogen-bond acceptors (Lipinski definition) is 2. The molecule has 0 unspecified atom stereocenters. The van der Waals surface area contributed by atoms with Crippen molar-refractivity contribution in [3.8, 4) is 0 Å². The molecule has 0 aliphatic rings. The largest absolute Gasteiger partial charge is 1.00 e. The van der Waals surface area contributed by atoms with E-state index in [1.54, 1.807) is 6.92 Å². The molecule has 16 heavy (non-hydrogen) atoms. The molecular formula is C9H13BF3KN2. The van der Waals surface area contributed by atoms with E-state index in [1.807, 2.05) is 0 Å². The van der Waals surface area contributed by atoms with Crippen molar-refractivity contribution >= 4 is 18.1 Å². The van der Waals surface area contributed by atoms with E-state index < -0.39 is 12.4 Å². The van der Waals surface area contributed by atoms with Crippen LogP contribution in [-0.4, -0.2) is 6.98 Å². The maximum absolute atomic E-state index is 12.6. The van der Waals surface area contributed by atoms with E-state index in [0.717, 1.165) is 6.07 Å². The van der Waals surface area contributed by atoms with Crippen molar-refractivity contribution in [3.63, 3.8) is 0 Å². The Morgan fingerprint density at radius 1 is 1.19 bits per heavy atom. The van der Waals surface area contributed by atoms with E-state index >= 15 is 0 Å². The Kier molecular flexibility index (Phi) is 6.05. The van der Waals surface area contributed by atoms with Gasteiger partial charge < -0.3 is 24.4 Å². The zero-order chi connectivity index (χ0) is 11.8. The van der Waals surface area contributed by atoms with Crippen LogP contribution in [0.1, 0.15) is 16.7 Å². The molecule has 0 fully saturated rings. The molecule has 0 bridgehead atoms. The van der Waals surface area contributed by atoms with Crippen LogP contribution in [0.25, 0.3) is 0 Å². The molecule has 0 radical (unpaired) electrons. The van der Waals surface area contributed by atoms with E-state index in [4.69, 9.17) is 11.5 Å². The van der Waals surface area contributed by atoms with E-state index in [-0.39, 0.29) is 69.2 Å². The van der Waals surface area contributed by atoms with Gasteiger partial charge in [0.1, 0.15) is 0 Å². The van der Waals surface area contributed by atoms with Gasteiger partial charge in [-0.05, 0) is 25.0 Å². The summed E-state index contributed by atoms with van der Waals surface area (Å²) >= 11 is 0. The SMILES string of the molecule is Cc1c(CN)cc([B-](F)(F)F)c(C)c1N.[K+]. The summed E-state index contributed by atoms with van der Waals surface area (Å²) in [6, 6.07) is 1.10. The van der Waals surface area contributed by atoms with Crippen LogP contribution in [0, 0.1) is 13.8 Å². The van der Waals surface area contributed by atoms with E-state index in [0.29, 0.717) is 11.1 Å². The summed E-state index contributed by atoms with van der Waals surface area (Å²) in [5.74, 6) is 0. The summed E-state index contributed by atoms with van der Waals surface area (Å²) in [5, 5.41) is 0. The van der Waals surface area contributed by atoms with Gasteiger partial charge in [0.15, 0.2) is 0 Å². The number of benzene rings is 1. The van der Waals surface area contributed by atoms with E-state index in [2.05, 4.69) is 0 Å². The van der Waals surface area contributed by atoms with Gasteiger partial charge >= 0.3 is 58.4 Å². The Morgan fingerprint density at radius 3 is 2.06 bits per heavy atom. The quantitative estimate of drug-likeness (QED) is 0.495. The Bertz CT molecular complexity index is 393. The topological polar surface area (TPSA) is 52.0 Å². The molecule has 2 nitrogen and oxygen atoms in total.